The number of nitrogens with one attached hydrogen (secondary N) is 1. The summed E-state index contributed by atoms with van der Waals surface area (Å²) in [5.74, 6) is 0.536. The Morgan fingerprint density at radius 2 is 1.73 bits per heavy atom. The summed E-state index contributed by atoms with van der Waals surface area (Å²) in [5.41, 5.74) is 2.97. The summed E-state index contributed by atoms with van der Waals surface area (Å²) >= 11 is 0. The molecule has 0 amide bonds. The number of hydrogen-bond acceptors (Lipinski definition) is 9. The van der Waals surface area contributed by atoms with Gasteiger partial charge < -0.3 is 29.7 Å². The van der Waals surface area contributed by atoms with Crippen LogP contribution in [0, 0.1) is 0 Å². The number of carbonyl (C=O) groups excluding carboxylic acids is 1. The lowest BCUT2D eigenvalue weighted by Gasteiger charge is -2.15. The van der Waals surface area contributed by atoms with Crippen LogP contribution in [0.15, 0.2) is 71.6 Å². The molecule has 3 aromatic rings. The van der Waals surface area contributed by atoms with Crippen molar-refractivity contribution in [3.63, 3.8) is 0 Å². The van der Waals surface area contributed by atoms with Crippen LogP contribution in [0.3, 0.4) is 0 Å². The fourth-order valence-electron chi connectivity index (χ4n) is 4.02. The molecule has 9 nitrogen and oxygen atoms in total. The Morgan fingerprint density at radius 3 is 2.41 bits per heavy atom. The Labute approximate surface area is 242 Å². The highest BCUT2D eigenvalue weighted by Crippen LogP contribution is 2.24. The number of aliphatic hydroxyl groups is 2. The first-order valence-corrected chi connectivity index (χ1v) is 15.1. The standard InChI is InChI=1S/C31H39NO8S/c1-22(2)41(36,37)29-6-4-5-25(17-29)21-38-15-16-39-28-10-7-24(8-11-28)13-14-32-19-30(35)26-9-12-31(40-23(3)34)27(18-26)20-33/h4-12,17-18,22,30,32-33,35H,13-16,19-21H2,1-3H3. The topological polar surface area (TPSA) is 131 Å². The molecule has 0 fully saturated rings. The number of aliphatic hydroxyl groups excluding tert-OH is 2. The predicted molar refractivity (Wildman–Crippen MR) is 156 cm³/mol. The second-order valence-corrected chi connectivity index (χ2v) is 12.4. The fraction of sp³-hybridized carbons (Fsp3) is 0.387. The van der Waals surface area contributed by atoms with Gasteiger partial charge in [-0.2, -0.15) is 0 Å². The van der Waals surface area contributed by atoms with E-state index in [0.29, 0.717) is 48.9 Å². The van der Waals surface area contributed by atoms with Crippen molar-refractivity contribution in [2.45, 2.75) is 56.7 Å². The zero-order valence-corrected chi connectivity index (χ0v) is 24.5. The average molecular weight is 586 g/mol. The van der Waals surface area contributed by atoms with Crippen molar-refractivity contribution in [1.29, 1.82) is 0 Å². The number of rotatable bonds is 16. The molecule has 0 radical (unpaired) electrons. The Hall–Kier alpha value is -3.28. The quantitative estimate of drug-likeness (QED) is 0.131. The first-order chi connectivity index (χ1) is 19.6. The zero-order chi connectivity index (χ0) is 29.8. The smallest absolute Gasteiger partial charge is 0.308 e. The van der Waals surface area contributed by atoms with E-state index >= 15 is 0 Å². The van der Waals surface area contributed by atoms with Crippen molar-refractivity contribution >= 4 is 15.8 Å². The summed E-state index contributed by atoms with van der Waals surface area (Å²) in [7, 11) is -3.32. The maximum absolute atomic E-state index is 12.4. The molecule has 0 aliphatic heterocycles. The molecular weight excluding hydrogens is 546 g/mol. The minimum Gasteiger partial charge on any atom is -0.491 e. The molecule has 0 aromatic heterocycles. The van der Waals surface area contributed by atoms with Crippen LogP contribution < -0.4 is 14.8 Å². The highest BCUT2D eigenvalue weighted by atomic mass is 32.2. The molecule has 10 heteroatoms. The van der Waals surface area contributed by atoms with Crippen LogP contribution in [-0.4, -0.2) is 56.2 Å². The Morgan fingerprint density at radius 1 is 0.976 bits per heavy atom. The van der Waals surface area contributed by atoms with Crippen LogP contribution in [0.5, 0.6) is 11.5 Å². The molecule has 222 valence electrons. The average Bonchev–Trinajstić information content (AvgIpc) is 2.95. The van der Waals surface area contributed by atoms with Gasteiger partial charge in [-0.15, -0.1) is 0 Å². The van der Waals surface area contributed by atoms with Crippen molar-refractivity contribution in [2.24, 2.45) is 0 Å². The van der Waals surface area contributed by atoms with Gasteiger partial charge in [0.1, 0.15) is 18.1 Å². The molecule has 0 heterocycles. The predicted octanol–water partition coefficient (Wildman–Crippen LogP) is 3.75. The number of hydrogen-bond donors (Lipinski definition) is 3. The van der Waals surface area contributed by atoms with Crippen molar-refractivity contribution in [3.8, 4) is 11.5 Å². The van der Waals surface area contributed by atoms with Crippen LogP contribution >= 0.6 is 0 Å². The monoisotopic (exact) mass is 585 g/mol. The lowest BCUT2D eigenvalue weighted by atomic mass is 10.0. The molecule has 3 aromatic carbocycles. The molecule has 0 aliphatic carbocycles. The Bertz CT molecular complexity index is 1370. The van der Waals surface area contributed by atoms with Crippen LogP contribution in [0.2, 0.25) is 0 Å². The number of carbonyl (C=O) groups is 1. The number of esters is 1. The molecule has 0 aliphatic rings. The molecule has 0 bridgehead atoms. The number of benzene rings is 3. The first-order valence-electron chi connectivity index (χ1n) is 13.5. The van der Waals surface area contributed by atoms with Crippen LogP contribution in [-0.2, 0) is 39.0 Å². The summed E-state index contributed by atoms with van der Waals surface area (Å²) in [4.78, 5) is 11.5. The van der Waals surface area contributed by atoms with Crippen molar-refractivity contribution in [1.82, 2.24) is 5.32 Å². The van der Waals surface area contributed by atoms with Crippen LogP contribution in [0.4, 0.5) is 0 Å². The number of sulfone groups is 1. The fourth-order valence-corrected chi connectivity index (χ4v) is 5.15. The summed E-state index contributed by atoms with van der Waals surface area (Å²) in [6.45, 7) is 6.33. The summed E-state index contributed by atoms with van der Waals surface area (Å²) in [6.07, 6.45) is -0.0173. The third-order valence-electron chi connectivity index (χ3n) is 6.36. The molecule has 1 atom stereocenters. The normalized spacial score (nSPS) is 12.3. The summed E-state index contributed by atoms with van der Waals surface area (Å²) < 4.78 is 41.2. The molecular formula is C31H39NO8S. The van der Waals surface area contributed by atoms with Gasteiger partial charge in [0.25, 0.3) is 0 Å². The minimum absolute atomic E-state index is 0.284. The molecule has 3 N–H and O–H groups in total. The largest absolute Gasteiger partial charge is 0.491 e. The summed E-state index contributed by atoms with van der Waals surface area (Å²) in [5, 5.41) is 22.8. The number of ether oxygens (including phenoxy) is 3. The van der Waals surface area contributed by atoms with Gasteiger partial charge in [-0.1, -0.05) is 30.3 Å². The molecule has 0 saturated carbocycles. The van der Waals surface area contributed by atoms with Gasteiger partial charge in [-0.05, 0) is 79.9 Å². The zero-order valence-electron chi connectivity index (χ0n) is 23.7. The lowest BCUT2D eigenvalue weighted by Crippen LogP contribution is -2.24. The maximum atomic E-state index is 12.4. The minimum atomic E-state index is -3.32. The second kappa shape index (κ2) is 15.6. The van der Waals surface area contributed by atoms with E-state index < -0.39 is 27.2 Å². The SMILES string of the molecule is CC(=O)Oc1ccc(C(O)CNCCc2ccc(OCCOCc3cccc(S(=O)(=O)C(C)C)c3)cc2)cc1CO. The van der Waals surface area contributed by atoms with Gasteiger partial charge in [0.05, 0.1) is 36.1 Å². The van der Waals surface area contributed by atoms with E-state index in [9.17, 15) is 23.4 Å². The Balaban J connectivity index is 1.35. The van der Waals surface area contributed by atoms with Gasteiger partial charge in [0, 0.05) is 19.0 Å². The third-order valence-corrected chi connectivity index (χ3v) is 8.51. The van der Waals surface area contributed by atoms with E-state index in [4.69, 9.17) is 14.2 Å². The van der Waals surface area contributed by atoms with Crippen molar-refractivity contribution in [2.75, 3.05) is 26.3 Å². The summed E-state index contributed by atoms with van der Waals surface area (Å²) in [6, 6.07) is 19.5. The molecule has 0 saturated heterocycles. The van der Waals surface area contributed by atoms with Gasteiger partial charge in [0.2, 0.25) is 0 Å². The van der Waals surface area contributed by atoms with E-state index in [0.717, 1.165) is 23.3 Å². The maximum Gasteiger partial charge on any atom is 0.308 e. The van der Waals surface area contributed by atoms with Crippen molar-refractivity contribution < 1.29 is 37.6 Å². The van der Waals surface area contributed by atoms with Crippen molar-refractivity contribution in [3.05, 3.63) is 89.0 Å². The highest BCUT2D eigenvalue weighted by Gasteiger charge is 2.19. The van der Waals surface area contributed by atoms with Gasteiger partial charge in [-0.25, -0.2) is 8.42 Å². The Kier molecular flexibility index (Phi) is 12.3. The van der Waals surface area contributed by atoms with Crippen LogP contribution in [0.1, 0.15) is 49.1 Å². The van der Waals surface area contributed by atoms with Crippen LogP contribution in [0.25, 0.3) is 0 Å². The van der Waals surface area contributed by atoms with E-state index in [-0.39, 0.29) is 12.4 Å². The molecule has 3 rings (SSSR count). The molecule has 41 heavy (non-hydrogen) atoms. The van der Waals surface area contributed by atoms with Gasteiger partial charge >= 0.3 is 5.97 Å². The highest BCUT2D eigenvalue weighted by molar-refractivity contribution is 7.92. The first kappa shape index (κ1) is 32.2. The second-order valence-electron chi connectivity index (χ2n) is 9.88. The van der Waals surface area contributed by atoms with E-state index in [1.165, 1.54) is 6.92 Å². The van der Waals surface area contributed by atoms with E-state index in [1.807, 2.05) is 30.3 Å². The van der Waals surface area contributed by atoms with E-state index in [2.05, 4.69) is 5.32 Å². The van der Waals surface area contributed by atoms with Gasteiger partial charge in [0.15, 0.2) is 9.84 Å². The lowest BCUT2D eigenvalue weighted by molar-refractivity contribution is -0.131. The van der Waals surface area contributed by atoms with Gasteiger partial charge in [-0.3, -0.25) is 4.79 Å². The third kappa shape index (κ3) is 9.94. The van der Waals surface area contributed by atoms with E-state index in [1.54, 1.807) is 50.2 Å². The molecule has 0 spiro atoms. The molecule has 1 unspecified atom stereocenters.